The zero-order valence-corrected chi connectivity index (χ0v) is 11.5. The van der Waals surface area contributed by atoms with Gasteiger partial charge in [-0.15, -0.1) is 0 Å². The maximum Gasteiger partial charge on any atom is 0.159 e. The first kappa shape index (κ1) is 12.6. The zero-order chi connectivity index (χ0) is 13.6. The van der Waals surface area contributed by atoms with Gasteiger partial charge in [0.05, 0.1) is 6.10 Å². The summed E-state index contributed by atoms with van der Waals surface area (Å²) in [7, 11) is 0. The van der Waals surface area contributed by atoms with Crippen molar-refractivity contribution in [2.24, 2.45) is 17.3 Å². The molecule has 4 rings (SSSR count). The first-order valence-electron chi connectivity index (χ1n) is 6.97. The van der Waals surface area contributed by atoms with E-state index in [4.69, 9.17) is 0 Å². The smallest absolute Gasteiger partial charge is 0.159 e. The van der Waals surface area contributed by atoms with E-state index in [-0.39, 0.29) is 17.1 Å². The number of allylic oxidation sites excluding steroid dienone is 1. The van der Waals surface area contributed by atoms with Gasteiger partial charge in [-0.1, -0.05) is 49.8 Å². The van der Waals surface area contributed by atoms with Gasteiger partial charge in [-0.3, -0.25) is 4.79 Å². The Morgan fingerprint density at radius 2 is 1.95 bits per heavy atom. The van der Waals surface area contributed by atoms with E-state index in [2.05, 4.69) is 13.8 Å². The second-order valence-corrected chi connectivity index (χ2v) is 6.41. The summed E-state index contributed by atoms with van der Waals surface area (Å²) in [6, 6.07) is 9.68. The van der Waals surface area contributed by atoms with E-state index in [9.17, 15) is 9.90 Å². The van der Waals surface area contributed by atoms with Crippen LogP contribution in [0.15, 0.2) is 42.0 Å². The van der Waals surface area contributed by atoms with Gasteiger partial charge in [-0.2, -0.15) is 0 Å². The molecule has 0 amide bonds. The third-order valence-electron chi connectivity index (χ3n) is 5.00. The van der Waals surface area contributed by atoms with E-state index in [1.807, 2.05) is 30.3 Å². The number of benzene rings is 1. The van der Waals surface area contributed by atoms with Crippen molar-refractivity contribution >= 4 is 5.78 Å². The molecule has 2 nitrogen and oxygen atoms in total. The van der Waals surface area contributed by atoms with Crippen molar-refractivity contribution in [2.45, 2.75) is 32.8 Å². The summed E-state index contributed by atoms with van der Waals surface area (Å²) in [5, 5.41) is 10.3. The number of hydrogen-bond donors (Lipinski definition) is 1. The standard InChI is InChI=1S/C17H20O2/c1-17(2)13-10-14(17)16(19)9-12(13)8-15(18)11-6-4-3-5-7-11/h3-7,9,13-15,18H,8,10H2,1-2H3. The minimum Gasteiger partial charge on any atom is -0.388 e. The molecule has 3 atom stereocenters. The lowest BCUT2D eigenvalue weighted by molar-refractivity contribution is -0.134. The van der Waals surface area contributed by atoms with Gasteiger partial charge in [0, 0.05) is 5.92 Å². The molecule has 0 spiro atoms. The highest BCUT2D eigenvalue weighted by atomic mass is 16.3. The summed E-state index contributed by atoms with van der Waals surface area (Å²) in [6.07, 6.45) is 2.83. The van der Waals surface area contributed by atoms with Crippen LogP contribution in [-0.4, -0.2) is 10.9 Å². The lowest BCUT2D eigenvalue weighted by Crippen LogP contribution is -2.52. The van der Waals surface area contributed by atoms with Crippen LogP contribution in [0.4, 0.5) is 0 Å². The normalized spacial score (nSPS) is 29.4. The fraction of sp³-hybridized carbons (Fsp3) is 0.471. The van der Waals surface area contributed by atoms with Gasteiger partial charge in [-0.05, 0) is 35.8 Å². The van der Waals surface area contributed by atoms with Crippen molar-refractivity contribution in [1.82, 2.24) is 0 Å². The largest absolute Gasteiger partial charge is 0.388 e. The molecular weight excluding hydrogens is 236 g/mol. The summed E-state index contributed by atoms with van der Waals surface area (Å²) >= 11 is 0. The molecule has 0 heterocycles. The van der Waals surface area contributed by atoms with Crippen LogP contribution in [0.25, 0.3) is 0 Å². The highest BCUT2D eigenvalue weighted by Gasteiger charge is 2.55. The molecule has 0 radical (unpaired) electrons. The maximum absolute atomic E-state index is 12.0. The number of hydrogen-bond acceptors (Lipinski definition) is 2. The Kier molecular flexibility index (Phi) is 2.86. The van der Waals surface area contributed by atoms with Gasteiger partial charge in [-0.25, -0.2) is 0 Å². The Labute approximate surface area is 114 Å². The molecule has 3 aliphatic rings. The number of aliphatic hydroxyl groups is 1. The van der Waals surface area contributed by atoms with Crippen LogP contribution in [-0.2, 0) is 4.79 Å². The predicted molar refractivity (Wildman–Crippen MR) is 74.5 cm³/mol. The van der Waals surface area contributed by atoms with Gasteiger partial charge in [0.2, 0.25) is 0 Å². The average molecular weight is 256 g/mol. The lowest BCUT2D eigenvalue weighted by atomic mass is 9.48. The van der Waals surface area contributed by atoms with E-state index in [0.29, 0.717) is 12.3 Å². The minimum atomic E-state index is -0.506. The number of ketones is 1. The molecule has 2 bridgehead atoms. The first-order chi connectivity index (χ1) is 9.00. The van der Waals surface area contributed by atoms with E-state index < -0.39 is 6.10 Å². The van der Waals surface area contributed by atoms with E-state index in [1.165, 1.54) is 0 Å². The maximum atomic E-state index is 12.0. The third-order valence-corrected chi connectivity index (χ3v) is 5.00. The number of carbonyl (C=O) groups excluding carboxylic acids is 1. The monoisotopic (exact) mass is 256 g/mol. The molecule has 1 saturated carbocycles. The first-order valence-corrected chi connectivity index (χ1v) is 6.97. The van der Waals surface area contributed by atoms with Gasteiger partial charge in [0.25, 0.3) is 0 Å². The Hall–Kier alpha value is -1.41. The van der Waals surface area contributed by atoms with Crippen LogP contribution in [0.5, 0.6) is 0 Å². The number of aliphatic hydroxyl groups excluding tert-OH is 1. The van der Waals surface area contributed by atoms with Crippen LogP contribution >= 0.6 is 0 Å². The number of fused-ring (bicyclic) bond motifs is 1. The molecule has 0 saturated heterocycles. The van der Waals surface area contributed by atoms with Gasteiger partial charge in [0.15, 0.2) is 5.78 Å². The van der Waals surface area contributed by atoms with Crippen molar-refractivity contribution < 1.29 is 9.90 Å². The molecule has 1 fully saturated rings. The fourth-order valence-corrected chi connectivity index (χ4v) is 3.64. The van der Waals surface area contributed by atoms with Crippen LogP contribution in [0.1, 0.15) is 38.4 Å². The van der Waals surface area contributed by atoms with Crippen molar-refractivity contribution in [3.63, 3.8) is 0 Å². The SMILES string of the molecule is CC1(C)C2CC1C(CC(O)c1ccccc1)=CC2=O. The van der Waals surface area contributed by atoms with Crippen molar-refractivity contribution in [3.05, 3.63) is 47.5 Å². The summed E-state index contributed by atoms with van der Waals surface area (Å²) in [5.74, 6) is 0.923. The number of rotatable bonds is 3. The predicted octanol–water partition coefficient (Wildman–Crippen LogP) is 3.28. The molecule has 2 heteroatoms. The highest BCUT2D eigenvalue weighted by molar-refractivity contribution is 5.96. The van der Waals surface area contributed by atoms with Crippen LogP contribution in [0.2, 0.25) is 0 Å². The van der Waals surface area contributed by atoms with E-state index in [0.717, 1.165) is 17.6 Å². The molecule has 3 unspecified atom stereocenters. The molecular formula is C17H20O2. The minimum absolute atomic E-state index is 0.0809. The van der Waals surface area contributed by atoms with Crippen LogP contribution in [0.3, 0.4) is 0 Å². The van der Waals surface area contributed by atoms with Crippen molar-refractivity contribution in [2.75, 3.05) is 0 Å². The topological polar surface area (TPSA) is 37.3 Å². The quantitative estimate of drug-likeness (QED) is 0.901. The van der Waals surface area contributed by atoms with Crippen molar-refractivity contribution in [3.8, 4) is 0 Å². The van der Waals surface area contributed by atoms with Gasteiger partial charge in [0.1, 0.15) is 0 Å². The van der Waals surface area contributed by atoms with Crippen LogP contribution in [0, 0.1) is 17.3 Å². The second kappa shape index (κ2) is 4.31. The fourth-order valence-electron chi connectivity index (χ4n) is 3.64. The Bertz CT molecular complexity index is 527. The molecule has 0 aromatic heterocycles. The summed E-state index contributed by atoms with van der Waals surface area (Å²) < 4.78 is 0. The molecule has 100 valence electrons. The third kappa shape index (κ3) is 1.95. The molecule has 19 heavy (non-hydrogen) atoms. The lowest BCUT2D eigenvalue weighted by Gasteiger charge is -2.55. The molecule has 1 N–H and O–H groups in total. The van der Waals surface area contributed by atoms with E-state index >= 15 is 0 Å². The molecule has 1 aromatic rings. The zero-order valence-electron chi connectivity index (χ0n) is 11.5. The Balaban J connectivity index is 1.79. The summed E-state index contributed by atoms with van der Waals surface area (Å²) in [4.78, 5) is 12.0. The summed E-state index contributed by atoms with van der Waals surface area (Å²) in [5.41, 5.74) is 2.14. The highest BCUT2D eigenvalue weighted by Crippen LogP contribution is 2.59. The van der Waals surface area contributed by atoms with Gasteiger partial charge >= 0.3 is 0 Å². The Morgan fingerprint density at radius 1 is 1.26 bits per heavy atom. The second-order valence-electron chi connectivity index (χ2n) is 6.41. The number of carbonyl (C=O) groups is 1. The van der Waals surface area contributed by atoms with Crippen molar-refractivity contribution in [1.29, 1.82) is 0 Å². The van der Waals surface area contributed by atoms with E-state index in [1.54, 1.807) is 6.08 Å². The van der Waals surface area contributed by atoms with Gasteiger partial charge < -0.3 is 5.11 Å². The molecule has 1 aromatic carbocycles. The molecule has 3 aliphatic carbocycles. The molecule has 0 aliphatic heterocycles. The van der Waals surface area contributed by atoms with Crippen LogP contribution < -0.4 is 0 Å². The Morgan fingerprint density at radius 3 is 2.53 bits per heavy atom. The average Bonchev–Trinajstić information content (AvgIpc) is 2.38. The summed E-state index contributed by atoms with van der Waals surface area (Å²) in [6.45, 7) is 4.34.